The van der Waals surface area contributed by atoms with Crippen LogP contribution in [-0.4, -0.2) is 33.0 Å². The fourth-order valence-electron chi connectivity index (χ4n) is 1.67. The van der Waals surface area contributed by atoms with Gasteiger partial charge in [-0.15, -0.1) is 0 Å². The number of nitrogens with two attached hydrogens (primary N) is 1. The molecule has 2 N–H and O–H groups in total. The molecule has 0 aliphatic heterocycles. The van der Waals surface area contributed by atoms with Crippen LogP contribution in [0.4, 0.5) is 0 Å². The third-order valence-corrected chi connectivity index (χ3v) is 2.69. The van der Waals surface area contributed by atoms with E-state index in [1.54, 1.807) is 21.0 Å². The average molecular weight is 254 g/mol. The molecule has 0 aromatic carbocycles. The molecule has 18 heavy (non-hydrogen) atoms. The number of carbonyl (C=O) groups is 1. The predicted molar refractivity (Wildman–Crippen MR) is 67.0 cm³/mol. The van der Waals surface area contributed by atoms with Crippen LogP contribution in [-0.2, 0) is 25.4 Å². The zero-order valence-electron chi connectivity index (χ0n) is 11.0. The van der Waals surface area contributed by atoms with E-state index in [4.69, 9.17) is 5.73 Å². The summed E-state index contributed by atoms with van der Waals surface area (Å²) in [7, 11) is 4.52. The number of likely N-dealkylation sites (N-methyl/N-ethyl adjacent to an activating group) is 1. The van der Waals surface area contributed by atoms with Gasteiger partial charge in [0.2, 0.25) is 5.91 Å². The summed E-state index contributed by atoms with van der Waals surface area (Å²) >= 11 is 0. The van der Waals surface area contributed by atoms with Gasteiger partial charge in [-0.25, -0.2) is 4.79 Å². The van der Waals surface area contributed by atoms with Crippen molar-refractivity contribution in [3.8, 4) is 0 Å². The van der Waals surface area contributed by atoms with Gasteiger partial charge in [-0.3, -0.25) is 14.2 Å². The highest BCUT2D eigenvalue weighted by atomic mass is 16.2. The summed E-state index contributed by atoms with van der Waals surface area (Å²) < 4.78 is 2.32. The zero-order valence-corrected chi connectivity index (χ0v) is 11.0. The summed E-state index contributed by atoms with van der Waals surface area (Å²) in [5.74, 6) is -0.258. The monoisotopic (exact) mass is 254 g/mol. The van der Waals surface area contributed by atoms with E-state index in [1.807, 2.05) is 0 Å². The maximum atomic E-state index is 11.9. The first-order valence-corrected chi connectivity index (χ1v) is 5.51. The van der Waals surface area contributed by atoms with Crippen LogP contribution in [0.25, 0.3) is 0 Å². The molecule has 0 aliphatic carbocycles. The highest BCUT2D eigenvalue weighted by Crippen LogP contribution is 1.97. The smallest absolute Gasteiger partial charge is 0.330 e. The van der Waals surface area contributed by atoms with Crippen molar-refractivity contribution >= 4 is 5.91 Å². The molecule has 100 valence electrons. The largest absolute Gasteiger partial charge is 0.340 e. The molecular weight excluding hydrogens is 236 g/mol. The summed E-state index contributed by atoms with van der Waals surface area (Å²) in [6.45, 7) is 1.71. The highest BCUT2D eigenvalue weighted by molar-refractivity contribution is 5.80. The normalized spacial score (nSPS) is 12.3. The van der Waals surface area contributed by atoms with Crippen LogP contribution in [0.3, 0.4) is 0 Å². The van der Waals surface area contributed by atoms with Crippen molar-refractivity contribution in [3.63, 3.8) is 0 Å². The molecule has 1 atom stereocenters. The Morgan fingerprint density at radius 3 is 2.50 bits per heavy atom. The van der Waals surface area contributed by atoms with Crippen LogP contribution in [0.5, 0.6) is 0 Å². The van der Waals surface area contributed by atoms with Gasteiger partial charge in [0.15, 0.2) is 0 Å². The Hall–Kier alpha value is -1.89. The van der Waals surface area contributed by atoms with Crippen molar-refractivity contribution < 1.29 is 4.79 Å². The molecule has 0 fully saturated rings. The Morgan fingerprint density at radius 1 is 1.44 bits per heavy atom. The average Bonchev–Trinajstić information content (AvgIpc) is 2.32. The lowest BCUT2D eigenvalue weighted by Crippen LogP contribution is -2.43. The fraction of sp³-hybridized carbons (Fsp3) is 0.545. The summed E-state index contributed by atoms with van der Waals surface area (Å²) in [5, 5.41) is 0. The first-order valence-electron chi connectivity index (χ1n) is 5.51. The lowest BCUT2D eigenvalue weighted by molar-refractivity contribution is -0.131. The number of hydrogen-bond donors (Lipinski definition) is 1. The summed E-state index contributed by atoms with van der Waals surface area (Å²) in [4.78, 5) is 36.3. The van der Waals surface area contributed by atoms with Gasteiger partial charge in [-0.05, 0) is 6.92 Å². The number of rotatable bonds is 3. The third-order valence-electron chi connectivity index (χ3n) is 2.69. The van der Waals surface area contributed by atoms with E-state index in [-0.39, 0.29) is 12.5 Å². The second kappa shape index (κ2) is 5.18. The van der Waals surface area contributed by atoms with Gasteiger partial charge >= 0.3 is 5.69 Å². The maximum absolute atomic E-state index is 11.9. The van der Waals surface area contributed by atoms with E-state index in [9.17, 15) is 14.4 Å². The van der Waals surface area contributed by atoms with E-state index >= 15 is 0 Å². The Balaban J connectivity index is 3.10. The van der Waals surface area contributed by atoms with Crippen LogP contribution in [0.2, 0.25) is 0 Å². The molecule has 0 saturated heterocycles. The lowest BCUT2D eigenvalue weighted by Gasteiger charge is -2.19. The van der Waals surface area contributed by atoms with Crippen LogP contribution >= 0.6 is 0 Å². The van der Waals surface area contributed by atoms with Crippen molar-refractivity contribution in [1.29, 1.82) is 0 Å². The van der Waals surface area contributed by atoms with Crippen molar-refractivity contribution in [3.05, 3.63) is 32.6 Å². The highest BCUT2D eigenvalue weighted by Gasteiger charge is 2.16. The van der Waals surface area contributed by atoms with Gasteiger partial charge in [0.25, 0.3) is 5.56 Å². The Kier molecular flexibility index (Phi) is 4.07. The molecule has 0 aliphatic rings. The topological polar surface area (TPSA) is 90.3 Å². The number of aromatic nitrogens is 2. The molecule has 0 spiro atoms. The molecule has 7 heteroatoms. The van der Waals surface area contributed by atoms with Gasteiger partial charge in [0, 0.05) is 27.3 Å². The first kappa shape index (κ1) is 14.2. The molecule has 0 radical (unpaired) electrons. The molecule has 1 heterocycles. The van der Waals surface area contributed by atoms with E-state index in [2.05, 4.69) is 0 Å². The van der Waals surface area contributed by atoms with Gasteiger partial charge in [-0.2, -0.15) is 0 Å². The van der Waals surface area contributed by atoms with Crippen LogP contribution in [0.15, 0.2) is 15.8 Å². The first-order chi connectivity index (χ1) is 8.25. The number of carbonyl (C=O) groups excluding carboxylic acids is 1. The standard InChI is InChI=1S/C11H18N4O3/c1-7(12)9(16)13(2)5-8-6-14(3)11(18)15(4)10(8)17/h6-7H,5,12H2,1-4H3/t7-/m1/s1. The maximum Gasteiger partial charge on any atom is 0.330 e. The Labute approximate surface area is 104 Å². The lowest BCUT2D eigenvalue weighted by atomic mass is 10.2. The Bertz CT molecular complexity index is 571. The minimum atomic E-state index is -0.619. The minimum Gasteiger partial charge on any atom is -0.340 e. The van der Waals surface area contributed by atoms with Crippen LogP contribution in [0, 0.1) is 0 Å². The van der Waals surface area contributed by atoms with Gasteiger partial charge < -0.3 is 15.2 Å². The second-order valence-electron chi connectivity index (χ2n) is 4.39. The molecule has 1 aromatic rings. The number of hydrogen-bond acceptors (Lipinski definition) is 4. The molecule has 0 bridgehead atoms. The van der Waals surface area contributed by atoms with E-state index in [1.165, 1.54) is 22.7 Å². The number of amides is 1. The zero-order chi connectivity index (χ0) is 14.0. The van der Waals surface area contributed by atoms with E-state index in [0.29, 0.717) is 5.56 Å². The molecule has 1 rings (SSSR count). The van der Waals surface area contributed by atoms with Gasteiger partial charge in [-0.1, -0.05) is 0 Å². The van der Waals surface area contributed by atoms with Gasteiger partial charge in [0.1, 0.15) is 0 Å². The Morgan fingerprint density at radius 2 is 2.00 bits per heavy atom. The molecule has 7 nitrogen and oxygen atoms in total. The number of aryl methyl sites for hydroxylation is 1. The van der Waals surface area contributed by atoms with E-state index in [0.717, 1.165) is 4.57 Å². The third kappa shape index (κ3) is 2.67. The van der Waals surface area contributed by atoms with E-state index < -0.39 is 17.3 Å². The molecule has 0 saturated carbocycles. The SMILES string of the molecule is C[C@@H](N)C(=O)N(C)Cc1cn(C)c(=O)n(C)c1=O. The molecular formula is C11H18N4O3. The second-order valence-corrected chi connectivity index (χ2v) is 4.39. The van der Waals surface area contributed by atoms with Crippen molar-refractivity contribution in [2.75, 3.05) is 7.05 Å². The fourth-order valence-corrected chi connectivity index (χ4v) is 1.67. The molecule has 1 aromatic heterocycles. The van der Waals surface area contributed by atoms with Crippen molar-refractivity contribution in [2.45, 2.75) is 19.5 Å². The van der Waals surface area contributed by atoms with Crippen LogP contribution in [0.1, 0.15) is 12.5 Å². The number of nitrogens with zero attached hydrogens (tertiary/aromatic N) is 3. The summed E-state index contributed by atoms with van der Waals surface area (Å²) in [5.41, 5.74) is 5.06. The molecule has 0 unspecified atom stereocenters. The van der Waals surface area contributed by atoms with Crippen molar-refractivity contribution in [1.82, 2.24) is 14.0 Å². The molecule has 1 amide bonds. The quantitative estimate of drug-likeness (QED) is 0.702. The minimum absolute atomic E-state index is 0.126. The van der Waals surface area contributed by atoms with Gasteiger partial charge in [0.05, 0.1) is 18.2 Å². The summed E-state index contributed by atoms with van der Waals surface area (Å²) in [6.07, 6.45) is 1.44. The predicted octanol–water partition coefficient (Wildman–Crippen LogP) is -1.61. The summed E-state index contributed by atoms with van der Waals surface area (Å²) in [6, 6.07) is -0.619. The van der Waals surface area contributed by atoms with Crippen molar-refractivity contribution in [2.24, 2.45) is 19.8 Å². The van der Waals surface area contributed by atoms with Crippen LogP contribution < -0.4 is 17.0 Å².